The quantitative estimate of drug-likeness (QED) is 0.546. The van der Waals surface area contributed by atoms with Gasteiger partial charge in [0.15, 0.2) is 11.7 Å². The molecule has 0 spiro atoms. The van der Waals surface area contributed by atoms with E-state index >= 15 is 0 Å². The predicted molar refractivity (Wildman–Crippen MR) is 119 cm³/mol. The number of ketones is 1. The number of nitrogens with one attached hydrogen (secondary N) is 2. The van der Waals surface area contributed by atoms with Crippen LogP contribution >= 0.6 is 0 Å². The number of hydrogen-bond donors (Lipinski definition) is 2. The van der Waals surface area contributed by atoms with Gasteiger partial charge in [-0.1, -0.05) is 19.3 Å². The molecule has 2 aromatic heterocycles. The van der Waals surface area contributed by atoms with Gasteiger partial charge < -0.3 is 19.6 Å². The summed E-state index contributed by atoms with van der Waals surface area (Å²) < 4.78 is 7.62. The van der Waals surface area contributed by atoms with Crippen LogP contribution in [0.25, 0.3) is 0 Å². The van der Waals surface area contributed by atoms with Gasteiger partial charge >= 0.3 is 0 Å². The Hall–Kier alpha value is -3.28. The average Bonchev–Trinajstić information content (AvgIpc) is 3.40. The minimum Gasteiger partial charge on any atom is -0.449 e. The van der Waals surface area contributed by atoms with Gasteiger partial charge in [-0.2, -0.15) is 0 Å². The number of nitrogens with zero attached hydrogens (tertiary/aromatic N) is 1. The summed E-state index contributed by atoms with van der Waals surface area (Å²) in [6.45, 7) is 0.664. The van der Waals surface area contributed by atoms with Crippen LogP contribution < -0.4 is 10.6 Å². The van der Waals surface area contributed by atoms with E-state index in [1.54, 1.807) is 30.5 Å². The molecule has 3 heterocycles. The second kappa shape index (κ2) is 8.46. The summed E-state index contributed by atoms with van der Waals surface area (Å²) in [4.78, 5) is 25.7. The number of rotatable bonds is 5. The first-order valence-corrected chi connectivity index (χ1v) is 11.1. The number of Topliss-reactive ketones (excluding diaryl/α,β-unsaturated/α-hetero) is 1. The number of benzene rings is 1. The van der Waals surface area contributed by atoms with Crippen LogP contribution in [0.15, 0.2) is 59.3 Å². The van der Waals surface area contributed by atoms with E-state index in [9.17, 15) is 9.59 Å². The van der Waals surface area contributed by atoms with Crippen molar-refractivity contribution in [2.24, 2.45) is 5.92 Å². The number of furan rings is 1. The minimum atomic E-state index is -0.533. The highest BCUT2D eigenvalue weighted by Crippen LogP contribution is 2.32. The second-order valence-electron chi connectivity index (χ2n) is 8.61. The summed E-state index contributed by atoms with van der Waals surface area (Å²) in [5.74, 6) is 1.15. The molecule has 0 radical (unpaired) electrons. The third kappa shape index (κ3) is 4.15. The molecular weight excluding hydrogens is 390 g/mol. The Kier molecular flexibility index (Phi) is 5.37. The molecule has 31 heavy (non-hydrogen) atoms. The molecule has 2 N–H and O–H groups in total. The fraction of sp³-hybridized carbons (Fsp3) is 0.360. The zero-order valence-electron chi connectivity index (χ0n) is 17.5. The highest BCUT2D eigenvalue weighted by molar-refractivity contribution is 6.02. The Labute approximate surface area is 181 Å². The van der Waals surface area contributed by atoms with Gasteiger partial charge in [0.25, 0.3) is 0 Å². The lowest BCUT2D eigenvalue weighted by molar-refractivity contribution is -0.117. The van der Waals surface area contributed by atoms with E-state index in [1.807, 2.05) is 24.4 Å². The molecule has 2 aliphatic rings. The van der Waals surface area contributed by atoms with Gasteiger partial charge in [-0.3, -0.25) is 9.59 Å². The van der Waals surface area contributed by atoms with Gasteiger partial charge in [-0.15, -0.1) is 0 Å². The van der Waals surface area contributed by atoms with Crippen molar-refractivity contribution >= 4 is 23.3 Å². The molecule has 1 amide bonds. The third-order valence-electron chi connectivity index (χ3n) is 6.44. The number of fused-ring (bicyclic) bond motifs is 2. The Morgan fingerprint density at radius 3 is 2.68 bits per heavy atom. The molecule has 0 saturated heterocycles. The lowest BCUT2D eigenvalue weighted by Crippen LogP contribution is -2.22. The summed E-state index contributed by atoms with van der Waals surface area (Å²) in [5, 5.41) is 6.25. The van der Waals surface area contributed by atoms with E-state index in [0.29, 0.717) is 30.3 Å². The largest absolute Gasteiger partial charge is 0.449 e. The topological polar surface area (TPSA) is 76.3 Å². The first-order valence-electron chi connectivity index (χ1n) is 11.1. The van der Waals surface area contributed by atoms with E-state index in [1.165, 1.54) is 19.3 Å². The molecule has 1 aromatic carbocycles. The van der Waals surface area contributed by atoms with Gasteiger partial charge in [0.1, 0.15) is 6.04 Å². The Balaban J connectivity index is 1.28. The number of carbonyl (C=O) groups excluding carboxylic acids is 2. The molecule has 1 fully saturated rings. The molecule has 0 bridgehead atoms. The molecule has 6 nitrogen and oxygen atoms in total. The van der Waals surface area contributed by atoms with Crippen molar-refractivity contribution in [1.29, 1.82) is 0 Å². The van der Waals surface area contributed by atoms with Gasteiger partial charge in [0, 0.05) is 35.1 Å². The smallest absolute Gasteiger partial charge is 0.224 e. The van der Waals surface area contributed by atoms with Crippen LogP contribution in [0.5, 0.6) is 0 Å². The Morgan fingerprint density at radius 2 is 1.87 bits per heavy atom. The number of anilines is 2. The van der Waals surface area contributed by atoms with Crippen LogP contribution in [0.2, 0.25) is 0 Å². The summed E-state index contributed by atoms with van der Waals surface area (Å²) in [6.07, 6.45) is 10.2. The van der Waals surface area contributed by atoms with Crippen molar-refractivity contribution in [3.05, 3.63) is 71.7 Å². The summed E-state index contributed by atoms with van der Waals surface area (Å²) in [6, 6.07) is 12.5. The van der Waals surface area contributed by atoms with Crippen molar-refractivity contribution in [3.63, 3.8) is 0 Å². The molecule has 160 valence electrons. The normalized spacial score (nSPS) is 18.4. The van der Waals surface area contributed by atoms with Crippen LogP contribution in [-0.2, 0) is 11.3 Å². The first-order chi connectivity index (χ1) is 15.2. The van der Waals surface area contributed by atoms with Crippen LogP contribution in [0, 0.1) is 5.92 Å². The summed E-state index contributed by atoms with van der Waals surface area (Å²) in [7, 11) is 0. The molecule has 6 heteroatoms. The number of amides is 1. The van der Waals surface area contributed by atoms with Crippen molar-refractivity contribution in [3.8, 4) is 0 Å². The molecule has 1 aliphatic carbocycles. The molecular formula is C25H27N3O3. The van der Waals surface area contributed by atoms with Crippen LogP contribution in [0.1, 0.15) is 66.2 Å². The van der Waals surface area contributed by atoms with Gasteiger partial charge in [0.2, 0.25) is 5.91 Å². The van der Waals surface area contributed by atoms with E-state index in [0.717, 1.165) is 29.8 Å². The SMILES string of the molecule is O=C(CC1CCCCC1)Nc1ccc(C(=O)C2Nc3occc3Cn3cccc32)cc1. The van der Waals surface area contributed by atoms with Crippen LogP contribution in [0.3, 0.4) is 0 Å². The maximum Gasteiger partial charge on any atom is 0.224 e. The molecule has 5 rings (SSSR count). The highest BCUT2D eigenvalue weighted by Gasteiger charge is 2.29. The van der Waals surface area contributed by atoms with Crippen molar-refractivity contribution < 1.29 is 14.0 Å². The number of hydrogen-bond acceptors (Lipinski definition) is 4. The third-order valence-corrected chi connectivity index (χ3v) is 6.44. The van der Waals surface area contributed by atoms with E-state index in [4.69, 9.17) is 4.42 Å². The maximum atomic E-state index is 13.3. The summed E-state index contributed by atoms with van der Waals surface area (Å²) in [5.41, 5.74) is 3.23. The van der Waals surface area contributed by atoms with E-state index < -0.39 is 6.04 Å². The molecule has 1 unspecified atom stereocenters. The zero-order valence-corrected chi connectivity index (χ0v) is 17.5. The minimum absolute atomic E-state index is 0.0377. The highest BCUT2D eigenvalue weighted by atomic mass is 16.3. The van der Waals surface area contributed by atoms with Crippen molar-refractivity contribution in [2.45, 2.75) is 51.1 Å². The fourth-order valence-corrected chi connectivity index (χ4v) is 4.76. The van der Waals surface area contributed by atoms with E-state index in [-0.39, 0.29) is 11.7 Å². The number of aromatic nitrogens is 1. The van der Waals surface area contributed by atoms with Crippen molar-refractivity contribution in [1.82, 2.24) is 4.57 Å². The predicted octanol–water partition coefficient (Wildman–Crippen LogP) is 5.39. The van der Waals surface area contributed by atoms with Gasteiger partial charge in [0.05, 0.1) is 12.8 Å². The van der Waals surface area contributed by atoms with Crippen LogP contribution in [0.4, 0.5) is 11.6 Å². The fourth-order valence-electron chi connectivity index (χ4n) is 4.76. The molecule has 1 aliphatic heterocycles. The lowest BCUT2D eigenvalue weighted by atomic mass is 9.87. The lowest BCUT2D eigenvalue weighted by Gasteiger charge is -2.21. The maximum absolute atomic E-state index is 13.3. The van der Waals surface area contributed by atoms with Gasteiger partial charge in [-0.25, -0.2) is 0 Å². The second-order valence-corrected chi connectivity index (χ2v) is 8.61. The average molecular weight is 418 g/mol. The molecule has 3 aromatic rings. The molecule has 1 atom stereocenters. The van der Waals surface area contributed by atoms with E-state index in [2.05, 4.69) is 15.2 Å². The molecule has 1 saturated carbocycles. The summed E-state index contributed by atoms with van der Waals surface area (Å²) >= 11 is 0. The number of carbonyl (C=O) groups is 2. The van der Waals surface area contributed by atoms with Gasteiger partial charge in [-0.05, 0) is 61.2 Å². The van der Waals surface area contributed by atoms with Crippen molar-refractivity contribution in [2.75, 3.05) is 10.6 Å². The monoisotopic (exact) mass is 417 g/mol. The Morgan fingerprint density at radius 1 is 1.06 bits per heavy atom. The van der Waals surface area contributed by atoms with Crippen LogP contribution in [-0.4, -0.2) is 16.3 Å². The Bertz CT molecular complexity index is 1070. The standard InChI is InChI=1S/C25H27N3O3/c29-22(15-17-5-2-1-3-6-17)26-20-10-8-18(9-11-20)24(30)23-21-7-4-13-28(21)16-19-12-14-31-25(19)27-23/h4,7-14,17,23,27H,1-3,5-6,15-16H2,(H,26,29). The zero-order chi connectivity index (χ0) is 21.2. The first kappa shape index (κ1) is 19.7.